The van der Waals surface area contributed by atoms with E-state index in [9.17, 15) is 9.59 Å². The summed E-state index contributed by atoms with van der Waals surface area (Å²) in [7, 11) is 0. The van der Waals surface area contributed by atoms with Gasteiger partial charge < -0.3 is 10.1 Å². The van der Waals surface area contributed by atoms with Crippen LogP contribution in [0.15, 0.2) is 18.2 Å². The van der Waals surface area contributed by atoms with Crippen LogP contribution in [0.2, 0.25) is 10.0 Å². The lowest BCUT2D eigenvalue weighted by Gasteiger charge is -2.10. The van der Waals surface area contributed by atoms with Gasteiger partial charge >= 0.3 is 5.97 Å². The molecule has 1 aromatic carbocycles. The van der Waals surface area contributed by atoms with Crippen LogP contribution in [0.25, 0.3) is 0 Å². The standard InChI is InChI=1S/C17H21Cl2NO3/c18-14-7-6-13(15(19)9-14)10-20-16(21)11-23-17(22)8-5-12-3-1-2-4-12/h6-7,9,12H,1-5,8,10-11H2,(H,20,21). The summed E-state index contributed by atoms with van der Waals surface area (Å²) in [6.07, 6.45) is 6.18. The lowest BCUT2D eigenvalue weighted by atomic mass is 10.0. The Labute approximate surface area is 146 Å². The van der Waals surface area contributed by atoms with Gasteiger partial charge in [-0.25, -0.2) is 0 Å². The Hall–Kier alpha value is -1.26. The first kappa shape index (κ1) is 18.1. The average Bonchev–Trinajstić information content (AvgIpc) is 3.03. The molecule has 1 saturated carbocycles. The fourth-order valence-electron chi connectivity index (χ4n) is 2.75. The van der Waals surface area contributed by atoms with Gasteiger partial charge in [-0.05, 0) is 30.0 Å². The molecule has 0 saturated heterocycles. The minimum Gasteiger partial charge on any atom is -0.456 e. The second-order valence-corrected chi connectivity index (χ2v) is 6.71. The summed E-state index contributed by atoms with van der Waals surface area (Å²) in [5, 5.41) is 3.70. The highest BCUT2D eigenvalue weighted by molar-refractivity contribution is 6.35. The number of rotatable bonds is 7. The van der Waals surface area contributed by atoms with Gasteiger partial charge in [-0.15, -0.1) is 0 Å². The van der Waals surface area contributed by atoms with Crippen LogP contribution in [0.4, 0.5) is 0 Å². The molecule has 0 radical (unpaired) electrons. The van der Waals surface area contributed by atoms with Gasteiger partial charge in [0, 0.05) is 23.0 Å². The van der Waals surface area contributed by atoms with E-state index in [1.165, 1.54) is 25.7 Å². The van der Waals surface area contributed by atoms with Gasteiger partial charge in [0.2, 0.25) is 0 Å². The maximum Gasteiger partial charge on any atom is 0.306 e. The topological polar surface area (TPSA) is 55.4 Å². The summed E-state index contributed by atoms with van der Waals surface area (Å²) < 4.78 is 5.00. The number of ether oxygens (including phenoxy) is 1. The quantitative estimate of drug-likeness (QED) is 0.746. The molecule has 23 heavy (non-hydrogen) atoms. The minimum atomic E-state index is -0.342. The second kappa shape index (κ2) is 9.14. The molecule has 1 amide bonds. The number of carbonyl (C=O) groups excluding carboxylic acids is 2. The molecule has 0 unspecified atom stereocenters. The van der Waals surface area contributed by atoms with Gasteiger partial charge in [0.05, 0.1) is 0 Å². The summed E-state index contributed by atoms with van der Waals surface area (Å²) in [6.45, 7) is 0.0170. The van der Waals surface area contributed by atoms with Crippen molar-refractivity contribution in [3.8, 4) is 0 Å². The fraction of sp³-hybridized carbons (Fsp3) is 0.529. The van der Waals surface area contributed by atoms with Gasteiger partial charge in [0.15, 0.2) is 6.61 Å². The number of halogens is 2. The summed E-state index contributed by atoms with van der Waals surface area (Å²) in [5.74, 6) is -0.00904. The van der Waals surface area contributed by atoms with E-state index >= 15 is 0 Å². The van der Waals surface area contributed by atoms with E-state index in [2.05, 4.69) is 5.32 Å². The lowest BCUT2D eigenvalue weighted by molar-refractivity contribution is -0.148. The van der Waals surface area contributed by atoms with Gasteiger partial charge in [-0.3, -0.25) is 9.59 Å². The maximum absolute atomic E-state index is 11.7. The number of nitrogens with one attached hydrogen (secondary N) is 1. The molecule has 0 aliphatic heterocycles. The molecule has 1 aromatic rings. The Bertz CT molecular complexity index is 557. The Morgan fingerprint density at radius 2 is 1.96 bits per heavy atom. The number of esters is 1. The third-order valence-corrected chi connectivity index (χ3v) is 4.67. The average molecular weight is 358 g/mol. The first-order valence-corrected chi connectivity index (χ1v) is 8.66. The molecule has 0 aromatic heterocycles. The third-order valence-electron chi connectivity index (χ3n) is 4.09. The van der Waals surface area contributed by atoms with Crippen molar-refractivity contribution in [3.05, 3.63) is 33.8 Å². The van der Waals surface area contributed by atoms with Crippen LogP contribution in [0.1, 0.15) is 44.1 Å². The highest BCUT2D eigenvalue weighted by Gasteiger charge is 2.17. The molecular formula is C17H21Cl2NO3. The molecule has 1 aliphatic carbocycles. The van der Waals surface area contributed by atoms with Gasteiger partial charge in [0.1, 0.15) is 0 Å². The van der Waals surface area contributed by atoms with E-state index in [-0.39, 0.29) is 25.0 Å². The number of amides is 1. The zero-order valence-corrected chi connectivity index (χ0v) is 14.5. The van der Waals surface area contributed by atoms with Crippen molar-refractivity contribution in [3.63, 3.8) is 0 Å². The van der Waals surface area contributed by atoms with E-state index in [1.54, 1.807) is 18.2 Å². The van der Waals surface area contributed by atoms with Crippen LogP contribution in [0.3, 0.4) is 0 Å². The predicted octanol–water partition coefficient (Wildman–Crippen LogP) is 4.12. The van der Waals surface area contributed by atoms with Crippen LogP contribution < -0.4 is 5.32 Å². The molecule has 4 nitrogen and oxygen atoms in total. The minimum absolute atomic E-state index is 0.255. The number of hydrogen-bond acceptors (Lipinski definition) is 3. The van der Waals surface area contributed by atoms with E-state index in [0.29, 0.717) is 22.4 Å². The monoisotopic (exact) mass is 357 g/mol. The summed E-state index contributed by atoms with van der Waals surface area (Å²) in [4.78, 5) is 23.3. The van der Waals surface area contributed by atoms with Crippen LogP contribution in [0.5, 0.6) is 0 Å². The van der Waals surface area contributed by atoms with E-state index in [4.69, 9.17) is 27.9 Å². The first-order chi connectivity index (χ1) is 11.0. The highest BCUT2D eigenvalue weighted by Crippen LogP contribution is 2.28. The van der Waals surface area contributed by atoms with Crippen LogP contribution in [0, 0.1) is 5.92 Å². The smallest absolute Gasteiger partial charge is 0.306 e. The summed E-state index contributed by atoms with van der Waals surface area (Å²) >= 11 is 11.8. The lowest BCUT2D eigenvalue weighted by Crippen LogP contribution is -2.28. The molecule has 0 heterocycles. The Morgan fingerprint density at radius 1 is 1.22 bits per heavy atom. The molecule has 0 bridgehead atoms. The number of hydrogen-bond donors (Lipinski definition) is 1. The maximum atomic E-state index is 11.7. The van der Waals surface area contributed by atoms with Crippen LogP contribution in [-0.4, -0.2) is 18.5 Å². The van der Waals surface area contributed by atoms with Crippen molar-refractivity contribution in [2.45, 2.75) is 45.1 Å². The van der Waals surface area contributed by atoms with Gasteiger partial charge in [0.25, 0.3) is 5.91 Å². The fourth-order valence-corrected chi connectivity index (χ4v) is 3.22. The third kappa shape index (κ3) is 6.40. The zero-order valence-electron chi connectivity index (χ0n) is 12.9. The van der Waals surface area contributed by atoms with Crippen molar-refractivity contribution in [2.24, 2.45) is 5.92 Å². The molecule has 126 valence electrons. The summed E-state index contributed by atoms with van der Waals surface area (Å²) in [5.41, 5.74) is 0.761. The number of benzene rings is 1. The second-order valence-electron chi connectivity index (χ2n) is 5.86. The van der Waals surface area contributed by atoms with Crippen molar-refractivity contribution < 1.29 is 14.3 Å². The van der Waals surface area contributed by atoms with Gasteiger partial charge in [-0.1, -0.05) is 55.0 Å². The van der Waals surface area contributed by atoms with Crippen LogP contribution in [-0.2, 0) is 20.9 Å². The molecule has 1 aliphatic rings. The number of carbonyl (C=O) groups is 2. The normalized spacial score (nSPS) is 14.7. The molecule has 0 atom stereocenters. The van der Waals surface area contributed by atoms with Crippen molar-refractivity contribution in [2.75, 3.05) is 6.61 Å². The Balaban J connectivity index is 1.63. The van der Waals surface area contributed by atoms with E-state index in [1.807, 2.05) is 0 Å². The Morgan fingerprint density at radius 3 is 2.65 bits per heavy atom. The SMILES string of the molecule is O=C(COC(=O)CCC1CCCC1)NCc1ccc(Cl)cc1Cl. The largest absolute Gasteiger partial charge is 0.456 e. The molecule has 1 N–H and O–H groups in total. The molecule has 1 fully saturated rings. The van der Waals surface area contributed by atoms with Gasteiger partial charge in [-0.2, -0.15) is 0 Å². The molecule has 2 rings (SSSR count). The summed E-state index contributed by atoms with van der Waals surface area (Å²) in [6, 6.07) is 5.07. The predicted molar refractivity (Wildman–Crippen MR) is 90.5 cm³/mol. The van der Waals surface area contributed by atoms with Crippen molar-refractivity contribution in [1.29, 1.82) is 0 Å². The first-order valence-electron chi connectivity index (χ1n) is 7.91. The molecule has 6 heteroatoms. The molecular weight excluding hydrogens is 337 g/mol. The van der Waals surface area contributed by atoms with E-state index < -0.39 is 0 Å². The highest BCUT2D eigenvalue weighted by atomic mass is 35.5. The van der Waals surface area contributed by atoms with Crippen LogP contribution >= 0.6 is 23.2 Å². The zero-order chi connectivity index (χ0) is 16.7. The molecule has 0 spiro atoms. The van der Waals surface area contributed by atoms with Crippen molar-refractivity contribution >= 4 is 35.1 Å². The van der Waals surface area contributed by atoms with Crippen molar-refractivity contribution in [1.82, 2.24) is 5.32 Å². The Kier molecular flexibility index (Phi) is 7.18. The van der Waals surface area contributed by atoms with E-state index in [0.717, 1.165) is 12.0 Å².